The van der Waals surface area contributed by atoms with Crippen LogP contribution in [0.4, 0.5) is 0 Å². The first-order valence-corrected chi connectivity index (χ1v) is 4.62. The number of carbonyl (C=O) groups is 1. The number of aliphatic hydroxyl groups excluding tert-OH is 1. The van der Waals surface area contributed by atoms with Crippen molar-refractivity contribution in [1.29, 1.82) is 0 Å². The van der Waals surface area contributed by atoms with Crippen molar-refractivity contribution in [2.75, 3.05) is 0 Å². The second-order valence-electron chi connectivity index (χ2n) is 4.17. The van der Waals surface area contributed by atoms with E-state index in [0.717, 1.165) is 0 Å². The molecule has 1 aliphatic heterocycles. The van der Waals surface area contributed by atoms with Crippen LogP contribution in [0.1, 0.15) is 35.9 Å². The highest BCUT2D eigenvalue weighted by Gasteiger charge is 2.37. The zero-order chi connectivity index (χ0) is 10.3. The quantitative estimate of drug-likeness (QED) is 0.648. The lowest BCUT2D eigenvalue weighted by molar-refractivity contribution is 0.0546. The number of rotatable bonds is 0. The normalized spacial score (nSPS) is 23.9. The van der Waals surface area contributed by atoms with Crippen molar-refractivity contribution in [3.63, 3.8) is 0 Å². The van der Waals surface area contributed by atoms with E-state index in [-0.39, 0.29) is 5.91 Å². The van der Waals surface area contributed by atoms with E-state index in [9.17, 15) is 9.90 Å². The van der Waals surface area contributed by atoms with Gasteiger partial charge in [0.05, 0.1) is 5.54 Å². The van der Waals surface area contributed by atoms with Gasteiger partial charge in [-0.2, -0.15) is 0 Å². The molecular weight excluding hydrogens is 178 g/mol. The van der Waals surface area contributed by atoms with E-state index < -0.39 is 11.6 Å². The maximum atomic E-state index is 11.6. The highest BCUT2D eigenvalue weighted by Crippen LogP contribution is 2.32. The van der Waals surface area contributed by atoms with Gasteiger partial charge in [-0.25, -0.2) is 0 Å². The van der Waals surface area contributed by atoms with Crippen molar-refractivity contribution in [3.05, 3.63) is 35.4 Å². The Labute approximate surface area is 82.8 Å². The summed E-state index contributed by atoms with van der Waals surface area (Å²) >= 11 is 0. The number of fused-ring (bicyclic) bond motifs is 1. The number of carbonyl (C=O) groups excluding carboxylic acids is 1. The Balaban J connectivity index is 2.57. The summed E-state index contributed by atoms with van der Waals surface area (Å²) in [7, 11) is 0. The predicted molar refractivity (Wildman–Crippen MR) is 52.9 cm³/mol. The predicted octanol–water partition coefficient (Wildman–Crippen LogP) is 1.24. The van der Waals surface area contributed by atoms with Gasteiger partial charge < -0.3 is 10.4 Å². The lowest BCUT2D eigenvalue weighted by Crippen LogP contribution is -2.52. The molecule has 1 amide bonds. The molecule has 2 N–H and O–H groups in total. The Bertz CT molecular complexity index is 385. The van der Waals surface area contributed by atoms with E-state index in [0.29, 0.717) is 11.1 Å². The van der Waals surface area contributed by atoms with E-state index in [1.807, 2.05) is 19.9 Å². The maximum absolute atomic E-state index is 11.6. The molecule has 0 unspecified atom stereocenters. The van der Waals surface area contributed by atoms with Gasteiger partial charge in [0.15, 0.2) is 0 Å². The summed E-state index contributed by atoms with van der Waals surface area (Å²) in [6, 6.07) is 7.14. The smallest absolute Gasteiger partial charge is 0.252 e. The summed E-state index contributed by atoms with van der Waals surface area (Å²) in [6.07, 6.45) is -0.642. The zero-order valence-electron chi connectivity index (χ0n) is 8.24. The number of hydrogen-bond donors (Lipinski definition) is 2. The monoisotopic (exact) mass is 191 g/mol. The number of hydrogen-bond acceptors (Lipinski definition) is 2. The summed E-state index contributed by atoms with van der Waals surface area (Å²) in [5.74, 6) is -0.115. The van der Waals surface area contributed by atoms with Gasteiger partial charge in [0.2, 0.25) is 0 Å². The van der Waals surface area contributed by atoms with Crippen LogP contribution in [0.25, 0.3) is 0 Å². The molecule has 3 heteroatoms. The molecule has 1 heterocycles. The van der Waals surface area contributed by atoms with Crippen LogP contribution >= 0.6 is 0 Å². The second-order valence-corrected chi connectivity index (χ2v) is 4.17. The average molecular weight is 191 g/mol. The highest BCUT2D eigenvalue weighted by molar-refractivity contribution is 5.97. The third-order valence-electron chi connectivity index (χ3n) is 2.62. The molecule has 3 nitrogen and oxygen atoms in total. The van der Waals surface area contributed by atoms with Gasteiger partial charge in [0, 0.05) is 5.56 Å². The third kappa shape index (κ3) is 1.21. The Morgan fingerprint density at radius 3 is 2.71 bits per heavy atom. The van der Waals surface area contributed by atoms with E-state index in [4.69, 9.17) is 0 Å². The number of benzene rings is 1. The summed E-state index contributed by atoms with van der Waals surface area (Å²) in [5.41, 5.74) is 0.686. The molecule has 0 spiro atoms. The van der Waals surface area contributed by atoms with Crippen molar-refractivity contribution in [2.24, 2.45) is 0 Å². The number of nitrogens with one attached hydrogen (secondary N) is 1. The van der Waals surface area contributed by atoms with Gasteiger partial charge in [-0.15, -0.1) is 0 Å². The molecule has 2 rings (SSSR count). The van der Waals surface area contributed by atoms with E-state index in [1.165, 1.54) is 0 Å². The van der Waals surface area contributed by atoms with Crippen LogP contribution in [0.2, 0.25) is 0 Å². The average Bonchev–Trinajstić information content (AvgIpc) is 2.14. The first-order chi connectivity index (χ1) is 6.52. The lowest BCUT2D eigenvalue weighted by Gasteiger charge is -2.37. The van der Waals surface area contributed by atoms with Gasteiger partial charge in [-0.05, 0) is 25.5 Å². The summed E-state index contributed by atoms with van der Waals surface area (Å²) in [4.78, 5) is 11.6. The molecule has 1 atom stereocenters. The molecule has 1 aromatic carbocycles. The minimum atomic E-state index is -0.642. The first-order valence-electron chi connectivity index (χ1n) is 4.62. The fraction of sp³-hybridized carbons (Fsp3) is 0.364. The zero-order valence-corrected chi connectivity index (χ0v) is 8.24. The minimum Gasteiger partial charge on any atom is -0.386 e. The molecule has 14 heavy (non-hydrogen) atoms. The molecule has 0 bridgehead atoms. The molecular formula is C11H13NO2. The van der Waals surface area contributed by atoms with Crippen LogP contribution in [0.15, 0.2) is 24.3 Å². The molecule has 0 aromatic heterocycles. The maximum Gasteiger partial charge on any atom is 0.252 e. The van der Waals surface area contributed by atoms with Crippen molar-refractivity contribution in [3.8, 4) is 0 Å². The van der Waals surface area contributed by atoms with E-state index >= 15 is 0 Å². The van der Waals surface area contributed by atoms with E-state index in [1.54, 1.807) is 18.2 Å². The second kappa shape index (κ2) is 2.82. The standard InChI is InChI=1S/C11H13NO2/c1-11(2)9(13)7-5-3-4-6-8(7)10(14)12-11/h3-6,9,13H,1-2H3,(H,12,14)/t9-/m1/s1. The van der Waals surface area contributed by atoms with Crippen LogP contribution < -0.4 is 5.32 Å². The Morgan fingerprint density at radius 1 is 1.36 bits per heavy atom. The SMILES string of the molecule is CC1(C)NC(=O)c2ccccc2[C@H]1O. The molecule has 0 saturated heterocycles. The van der Waals surface area contributed by atoms with Gasteiger partial charge in [0.1, 0.15) is 6.10 Å². The largest absolute Gasteiger partial charge is 0.386 e. The summed E-state index contributed by atoms with van der Waals surface area (Å²) in [5, 5.41) is 12.8. The molecule has 1 aliphatic rings. The molecule has 0 radical (unpaired) electrons. The van der Waals surface area contributed by atoms with E-state index in [2.05, 4.69) is 5.32 Å². The van der Waals surface area contributed by atoms with Crippen molar-refractivity contribution >= 4 is 5.91 Å². The Morgan fingerprint density at radius 2 is 2.00 bits per heavy atom. The topological polar surface area (TPSA) is 49.3 Å². The van der Waals surface area contributed by atoms with Crippen molar-refractivity contribution in [1.82, 2.24) is 5.32 Å². The molecule has 0 fully saturated rings. The molecule has 0 aliphatic carbocycles. The Hall–Kier alpha value is -1.35. The number of amides is 1. The van der Waals surface area contributed by atoms with Gasteiger partial charge in [-0.1, -0.05) is 18.2 Å². The van der Waals surface area contributed by atoms with Gasteiger partial charge in [0.25, 0.3) is 5.91 Å². The first kappa shape index (κ1) is 9.21. The van der Waals surface area contributed by atoms with Gasteiger partial charge >= 0.3 is 0 Å². The van der Waals surface area contributed by atoms with Crippen LogP contribution in [0, 0.1) is 0 Å². The molecule has 0 saturated carbocycles. The minimum absolute atomic E-state index is 0.115. The van der Waals surface area contributed by atoms with Gasteiger partial charge in [-0.3, -0.25) is 4.79 Å². The van der Waals surface area contributed by atoms with Crippen LogP contribution in [-0.2, 0) is 0 Å². The molecule has 74 valence electrons. The fourth-order valence-electron chi connectivity index (χ4n) is 1.76. The third-order valence-corrected chi connectivity index (χ3v) is 2.62. The summed E-state index contributed by atoms with van der Waals surface area (Å²) in [6.45, 7) is 3.62. The van der Waals surface area contributed by atoms with Crippen molar-refractivity contribution in [2.45, 2.75) is 25.5 Å². The Kier molecular flexibility index (Phi) is 1.86. The van der Waals surface area contributed by atoms with Crippen LogP contribution in [0.3, 0.4) is 0 Å². The van der Waals surface area contributed by atoms with Crippen LogP contribution in [0.5, 0.6) is 0 Å². The fourth-order valence-corrected chi connectivity index (χ4v) is 1.76. The van der Waals surface area contributed by atoms with Crippen LogP contribution in [-0.4, -0.2) is 16.6 Å². The highest BCUT2D eigenvalue weighted by atomic mass is 16.3. The van der Waals surface area contributed by atoms with Crippen molar-refractivity contribution < 1.29 is 9.90 Å². The molecule has 1 aromatic rings. The summed E-state index contributed by atoms with van der Waals surface area (Å²) < 4.78 is 0. The lowest BCUT2D eigenvalue weighted by atomic mass is 9.84. The number of aliphatic hydroxyl groups is 1.